The number of carbonyl (C=O) groups excluding carboxylic acids is 2. The summed E-state index contributed by atoms with van der Waals surface area (Å²) in [7, 11) is 1.57. The van der Waals surface area contributed by atoms with Crippen molar-refractivity contribution in [3.63, 3.8) is 0 Å². The van der Waals surface area contributed by atoms with E-state index in [0.29, 0.717) is 61.1 Å². The second kappa shape index (κ2) is 11.7. The molecule has 43 heavy (non-hydrogen) atoms. The quantitative estimate of drug-likeness (QED) is 0.298. The SMILES string of the molecule is COc1cc2c3cc1Oc1ccc(O)c(c1)C(=O)NCCCOc1cccc(c1)C2N(C(=O)c1ccc(C)cc1C)CC3. The third kappa shape index (κ3) is 5.60. The van der Waals surface area contributed by atoms with Gasteiger partial charge >= 0.3 is 0 Å². The zero-order chi connectivity index (χ0) is 30.1. The number of aromatic hydroxyl groups is 1. The van der Waals surface area contributed by atoms with Gasteiger partial charge in [-0.1, -0.05) is 29.8 Å². The molecule has 3 aliphatic rings. The Labute approximate surface area is 250 Å². The van der Waals surface area contributed by atoms with Gasteiger partial charge in [0.05, 0.1) is 25.3 Å². The van der Waals surface area contributed by atoms with Crippen LogP contribution in [0.15, 0.2) is 72.8 Å². The third-order valence-electron chi connectivity index (χ3n) is 8.02. The van der Waals surface area contributed by atoms with Crippen molar-refractivity contribution in [3.05, 3.63) is 112 Å². The minimum Gasteiger partial charge on any atom is -0.507 e. The smallest absolute Gasteiger partial charge is 0.255 e. The highest BCUT2D eigenvalue weighted by Gasteiger charge is 2.35. The number of rotatable bonds is 2. The first-order valence-electron chi connectivity index (χ1n) is 14.4. The van der Waals surface area contributed by atoms with Gasteiger partial charge in [-0.15, -0.1) is 0 Å². The third-order valence-corrected chi connectivity index (χ3v) is 8.02. The van der Waals surface area contributed by atoms with Crippen LogP contribution >= 0.6 is 0 Å². The highest BCUT2D eigenvalue weighted by Crippen LogP contribution is 2.44. The van der Waals surface area contributed by atoms with Crippen LogP contribution in [0.25, 0.3) is 0 Å². The molecule has 0 aliphatic carbocycles. The van der Waals surface area contributed by atoms with Crippen LogP contribution in [0.4, 0.5) is 0 Å². The van der Waals surface area contributed by atoms with Crippen LogP contribution in [0.3, 0.4) is 0 Å². The summed E-state index contributed by atoms with van der Waals surface area (Å²) >= 11 is 0. The molecule has 8 bridgehead atoms. The van der Waals surface area contributed by atoms with Gasteiger partial charge in [0.2, 0.25) is 0 Å². The van der Waals surface area contributed by atoms with Crippen LogP contribution in [-0.4, -0.2) is 48.6 Å². The molecule has 1 atom stereocenters. The lowest BCUT2D eigenvalue weighted by atomic mass is 9.86. The number of fused-ring (bicyclic) bond motifs is 6. The van der Waals surface area contributed by atoms with Gasteiger partial charge in [0.25, 0.3) is 11.8 Å². The Morgan fingerprint density at radius 3 is 2.70 bits per heavy atom. The van der Waals surface area contributed by atoms with Crippen molar-refractivity contribution in [1.82, 2.24) is 10.2 Å². The first kappa shape index (κ1) is 28.2. The summed E-state index contributed by atoms with van der Waals surface area (Å²) in [5.41, 5.74) is 5.73. The second-order valence-corrected chi connectivity index (χ2v) is 11.0. The van der Waals surface area contributed by atoms with Crippen molar-refractivity contribution in [2.75, 3.05) is 26.8 Å². The molecule has 1 unspecified atom stereocenters. The molecule has 0 spiro atoms. The number of nitrogens with zero attached hydrogens (tertiary/aromatic N) is 1. The molecule has 8 heteroatoms. The Balaban J connectivity index is 1.49. The number of phenols is 1. The highest BCUT2D eigenvalue weighted by atomic mass is 16.5. The van der Waals surface area contributed by atoms with E-state index in [4.69, 9.17) is 14.2 Å². The molecule has 0 aromatic heterocycles. The van der Waals surface area contributed by atoms with Gasteiger partial charge in [0, 0.05) is 18.7 Å². The van der Waals surface area contributed by atoms with Gasteiger partial charge in [0.15, 0.2) is 11.5 Å². The molecule has 7 rings (SSSR count). The number of nitrogens with one attached hydrogen (secondary N) is 1. The Bertz CT molecular complexity index is 1720. The average Bonchev–Trinajstić information content (AvgIpc) is 3.00. The van der Waals surface area contributed by atoms with Gasteiger partial charge < -0.3 is 29.5 Å². The number of carbonyl (C=O) groups is 2. The van der Waals surface area contributed by atoms with Crippen LogP contribution in [0.5, 0.6) is 28.7 Å². The van der Waals surface area contributed by atoms with E-state index in [0.717, 1.165) is 27.8 Å². The monoisotopic (exact) mass is 578 g/mol. The van der Waals surface area contributed by atoms with E-state index in [1.807, 2.05) is 73.3 Å². The predicted octanol–water partition coefficient (Wildman–Crippen LogP) is 6.11. The van der Waals surface area contributed by atoms with E-state index in [1.54, 1.807) is 13.2 Å². The summed E-state index contributed by atoms with van der Waals surface area (Å²) in [5.74, 6) is 1.45. The van der Waals surface area contributed by atoms with E-state index >= 15 is 0 Å². The van der Waals surface area contributed by atoms with Gasteiger partial charge in [0.1, 0.15) is 17.2 Å². The summed E-state index contributed by atoms with van der Waals surface area (Å²) < 4.78 is 18.1. The molecule has 2 amide bonds. The van der Waals surface area contributed by atoms with Gasteiger partial charge in [-0.2, -0.15) is 0 Å². The summed E-state index contributed by atoms with van der Waals surface area (Å²) in [6.07, 6.45) is 1.18. The lowest BCUT2D eigenvalue weighted by Crippen LogP contribution is -2.41. The van der Waals surface area contributed by atoms with Crippen LogP contribution in [0.1, 0.15) is 61.0 Å². The molecule has 220 valence electrons. The largest absolute Gasteiger partial charge is 0.507 e. The zero-order valence-electron chi connectivity index (χ0n) is 24.5. The van der Waals surface area contributed by atoms with Crippen molar-refractivity contribution in [1.29, 1.82) is 0 Å². The number of aryl methyl sites for hydroxylation is 2. The molecule has 2 N–H and O–H groups in total. The number of hydrogen-bond acceptors (Lipinski definition) is 6. The molecule has 8 nitrogen and oxygen atoms in total. The molecule has 3 heterocycles. The van der Waals surface area contributed by atoms with Gasteiger partial charge in [-0.25, -0.2) is 0 Å². The Kier molecular flexibility index (Phi) is 7.67. The summed E-state index contributed by atoms with van der Waals surface area (Å²) in [6.45, 7) is 5.24. The number of amides is 2. The van der Waals surface area contributed by atoms with Crippen LogP contribution in [0, 0.1) is 13.8 Å². The number of benzene rings is 4. The molecule has 0 saturated heterocycles. The van der Waals surface area contributed by atoms with E-state index in [1.165, 1.54) is 12.1 Å². The van der Waals surface area contributed by atoms with E-state index in [2.05, 4.69) is 5.32 Å². The van der Waals surface area contributed by atoms with Crippen molar-refractivity contribution in [3.8, 4) is 28.7 Å². The summed E-state index contributed by atoms with van der Waals surface area (Å²) in [5, 5.41) is 13.2. The number of hydrogen-bond donors (Lipinski definition) is 2. The number of methoxy groups -OCH3 is 1. The Hall–Kier alpha value is -4.98. The molecule has 0 saturated carbocycles. The maximum Gasteiger partial charge on any atom is 0.255 e. The fraction of sp³-hybridized carbons (Fsp3) is 0.257. The molecule has 3 aliphatic heterocycles. The second-order valence-electron chi connectivity index (χ2n) is 11.0. The maximum atomic E-state index is 14.2. The molecule has 4 aromatic carbocycles. The maximum absolute atomic E-state index is 14.2. The first-order chi connectivity index (χ1) is 20.8. The van der Waals surface area contributed by atoms with E-state index in [9.17, 15) is 14.7 Å². The van der Waals surface area contributed by atoms with Crippen LogP contribution < -0.4 is 19.5 Å². The topological polar surface area (TPSA) is 97.3 Å². The van der Waals surface area contributed by atoms with E-state index < -0.39 is 5.91 Å². The minimum absolute atomic E-state index is 0.0340. The molecular formula is C35H34N2O6. The molecule has 0 radical (unpaired) electrons. The minimum atomic E-state index is -0.403. The summed E-state index contributed by atoms with van der Waals surface area (Å²) in [4.78, 5) is 28.9. The van der Waals surface area contributed by atoms with Crippen molar-refractivity contribution >= 4 is 11.8 Å². The summed E-state index contributed by atoms with van der Waals surface area (Å²) in [6, 6.07) is 21.8. The van der Waals surface area contributed by atoms with Crippen molar-refractivity contribution in [2.24, 2.45) is 0 Å². The molecular weight excluding hydrogens is 544 g/mol. The van der Waals surface area contributed by atoms with Crippen LogP contribution in [-0.2, 0) is 6.42 Å². The standard InChI is InChI=1S/C35H34N2O6/c1-21-8-10-27(22(2)16-21)35(40)37-14-12-23-18-32-31(41-3)20-28(23)33(37)24-6-4-7-25(17-24)42-15-5-13-36-34(39)29-19-26(43-32)9-11-30(29)38/h4,6-11,16-20,33,38H,5,12-15H2,1-3H3,(H,36,39). The number of phenolic OH excluding ortho intramolecular Hbond substituents is 1. The fourth-order valence-electron chi connectivity index (χ4n) is 5.87. The van der Waals surface area contributed by atoms with Crippen molar-refractivity contribution < 1.29 is 28.9 Å². The normalized spacial score (nSPS) is 16.3. The first-order valence-corrected chi connectivity index (χ1v) is 14.4. The van der Waals surface area contributed by atoms with Gasteiger partial charge in [-0.3, -0.25) is 9.59 Å². The van der Waals surface area contributed by atoms with Gasteiger partial charge in [-0.05, 0) is 97.5 Å². The highest BCUT2D eigenvalue weighted by molar-refractivity contribution is 5.97. The Morgan fingerprint density at radius 2 is 1.88 bits per heavy atom. The van der Waals surface area contributed by atoms with E-state index in [-0.39, 0.29) is 23.3 Å². The molecule has 4 aromatic rings. The Morgan fingerprint density at radius 1 is 1.02 bits per heavy atom. The van der Waals surface area contributed by atoms with Crippen molar-refractivity contribution in [2.45, 2.75) is 32.7 Å². The lowest BCUT2D eigenvalue weighted by Gasteiger charge is -2.38. The predicted molar refractivity (Wildman–Crippen MR) is 163 cm³/mol. The van der Waals surface area contributed by atoms with Crippen LogP contribution in [0.2, 0.25) is 0 Å². The molecule has 0 fully saturated rings. The zero-order valence-corrected chi connectivity index (χ0v) is 24.5. The fourth-order valence-corrected chi connectivity index (χ4v) is 5.87. The number of ether oxygens (including phenoxy) is 3. The lowest BCUT2D eigenvalue weighted by molar-refractivity contribution is 0.0693. The average molecular weight is 579 g/mol.